The van der Waals surface area contributed by atoms with E-state index in [1.165, 1.54) is 17.8 Å². The van der Waals surface area contributed by atoms with Crippen molar-refractivity contribution in [3.8, 4) is 11.3 Å². The number of nitrogens with zero attached hydrogens (tertiary/aromatic N) is 2. The number of thioether (sulfide) groups is 1. The molecular weight excluding hydrogens is 402 g/mol. The topological polar surface area (TPSA) is 111 Å². The highest BCUT2D eigenvalue weighted by molar-refractivity contribution is 8.05. The number of aliphatic imine (C=N–C) groups is 1. The molecule has 146 valence electrons. The van der Waals surface area contributed by atoms with Crippen molar-refractivity contribution in [2.24, 2.45) is 10.7 Å². The lowest BCUT2D eigenvalue weighted by atomic mass is 10.1. The molecule has 2 rings (SSSR count). The fraction of sp³-hybridized carbons (Fsp3) is 0.111. The highest BCUT2D eigenvalue weighted by Crippen LogP contribution is 2.33. The second kappa shape index (κ2) is 9.90. The highest BCUT2D eigenvalue weighted by atomic mass is 32.2. The predicted molar refractivity (Wildman–Crippen MR) is 114 cm³/mol. The minimum atomic E-state index is -1.01. The molecule has 6 nitrogen and oxygen atoms in total. The third-order valence-electron chi connectivity index (χ3n) is 3.39. The zero-order valence-corrected chi connectivity index (χ0v) is 16.7. The smallest absolute Gasteiger partial charge is 0.159 e. The van der Waals surface area contributed by atoms with Gasteiger partial charge in [0.2, 0.25) is 0 Å². The summed E-state index contributed by atoms with van der Waals surface area (Å²) in [5.41, 5.74) is 7.42. The third-order valence-corrected chi connectivity index (χ3v) is 5.17. The third kappa shape index (κ3) is 5.11. The molecule has 1 aromatic heterocycles. The van der Waals surface area contributed by atoms with Crippen LogP contribution < -0.4 is 11.1 Å². The van der Waals surface area contributed by atoms with Crippen LogP contribution in [0.1, 0.15) is 16.8 Å². The molecule has 0 saturated heterocycles. The van der Waals surface area contributed by atoms with Crippen molar-refractivity contribution in [2.45, 2.75) is 6.92 Å². The van der Waals surface area contributed by atoms with Gasteiger partial charge in [-0.3, -0.25) is 5.41 Å². The zero-order valence-electron chi connectivity index (χ0n) is 15.1. The van der Waals surface area contributed by atoms with E-state index < -0.39 is 11.6 Å². The summed E-state index contributed by atoms with van der Waals surface area (Å²) in [6.07, 6.45) is 2.54. The number of hydrogen-bond acceptors (Lipinski definition) is 6. The predicted octanol–water partition coefficient (Wildman–Crippen LogP) is 4.21. The second-order valence-electron chi connectivity index (χ2n) is 5.35. The Morgan fingerprint density at radius 3 is 2.71 bits per heavy atom. The van der Waals surface area contributed by atoms with Gasteiger partial charge >= 0.3 is 0 Å². The van der Waals surface area contributed by atoms with Crippen molar-refractivity contribution >= 4 is 46.6 Å². The van der Waals surface area contributed by atoms with Crippen LogP contribution in [0.5, 0.6) is 0 Å². The van der Waals surface area contributed by atoms with E-state index in [0.29, 0.717) is 26.7 Å². The molecule has 0 aliphatic carbocycles. The first-order valence-corrected chi connectivity index (χ1v) is 9.67. The lowest BCUT2D eigenvalue weighted by Crippen LogP contribution is -2.12. The minimum Gasteiger partial charge on any atom is -0.394 e. The molecule has 5 N–H and O–H groups in total. The summed E-state index contributed by atoms with van der Waals surface area (Å²) in [6, 6.07) is 3.43. The van der Waals surface area contributed by atoms with Gasteiger partial charge in [-0.15, -0.1) is 23.1 Å². The molecule has 1 heterocycles. The van der Waals surface area contributed by atoms with E-state index in [1.54, 1.807) is 31.0 Å². The molecule has 0 aliphatic rings. The van der Waals surface area contributed by atoms with Crippen LogP contribution in [0.3, 0.4) is 0 Å². The SMILES string of the molecule is CN/C=C\S/C=C(/C(C)=N)c1nc(-c2ccc(F)c(F)c2)c(C(N)=NC=N)s1. The summed E-state index contributed by atoms with van der Waals surface area (Å²) in [4.78, 5) is 8.68. The van der Waals surface area contributed by atoms with Crippen molar-refractivity contribution in [3.63, 3.8) is 0 Å². The molecular formula is C18H18F2N6S2. The van der Waals surface area contributed by atoms with E-state index in [9.17, 15) is 8.78 Å². The molecule has 10 heteroatoms. The van der Waals surface area contributed by atoms with Gasteiger partial charge in [0.15, 0.2) is 11.6 Å². The molecule has 0 radical (unpaired) electrons. The van der Waals surface area contributed by atoms with Crippen molar-refractivity contribution in [1.82, 2.24) is 10.3 Å². The number of rotatable bonds is 8. The van der Waals surface area contributed by atoms with Gasteiger partial charge in [0.1, 0.15) is 17.2 Å². The molecule has 0 spiro atoms. The Hall–Kier alpha value is -2.85. The number of amidine groups is 1. The molecule has 2 aromatic rings. The summed E-state index contributed by atoms with van der Waals surface area (Å²) in [5, 5.41) is 22.1. The van der Waals surface area contributed by atoms with Crippen LogP contribution in [0.25, 0.3) is 16.8 Å². The number of hydrogen-bond donors (Lipinski definition) is 4. The largest absolute Gasteiger partial charge is 0.394 e. The fourth-order valence-electron chi connectivity index (χ4n) is 2.09. The monoisotopic (exact) mass is 420 g/mol. The van der Waals surface area contributed by atoms with Gasteiger partial charge in [-0.2, -0.15) is 0 Å². The van der Waals surface area contributed by atoms with E-state index in [0.717, 1.165) is 29.8 Å². The molecule has 1 aromatic carbocycles. The van der Waals surface area contributed by atoms with Gasteiger partial charge in [0.25, 0.3) is 0 Å². The Balaban J connectivity index is 2.61. The number of halogens is 2. The summed E-state index contributed by atoms with van der Waals surface area (Å²) >= 11 is 2.52. The first-order valence-electron chi connectivity index (χ1n) is 7.91. The van der Waals surface area contributed by atoms with Gasteiger partial charge in [-0.1, -0.05) is 0 Å². The summed E-state index contributed by atoms with van der Waals surface area (Å²) in [6.45, 7) is 1.63. The molecule has 0 aliphatic heterocycles. The van der Waals surface area contributed by atoms with Crippen LogP contribution in [0.4, 0.5) is 8.78 Å². The van der Waals surface area contributed by atoms with E-state index in [4.69, 9.17) is 16.6 Å². The Kier molecular flexibility index (Phi) is 7.59. The summed E-state index contributed by atoms with van der Waals surface area (Å²) in [5.74, 6) is -1.94. The molecule has 0 atom stereocenters. The Labute approximate surface area is 169 Å². The first-order chi connectivity index (χ1) is 13.4. The second-order valence-corrected chi connectivity index (χ2v) is 7.13. The fourth-order valence-corrected chi connectivity index (χ4v) is 3.95. The van der Waals surface area contributed by atoms with Crippen molar-refractivity contribution in [1.29, 1.82) is 10.8 Å². The average Bonchev–Trinajstić information content (AvgIpc) is 3.09. The molecule has 28 heavy (non-hydrogen) atoms. The van der Waals surface area contributed by atoms with Crippen LogP contribution in [-0.2, 0) is 0 Å². The number of thiazole rings is 1. The van der Waals surface area contributed by atoms with Gasteiger partial charge in [-0.25, -0.2) is 18.8 Å². The van der Waals surface area contributed by atoms with Crippen LogP contribution in [-0.4, -0.2) is 29.9 Å². The molecule has 0 bridgehead atoms. The number of nitrogens with two attached hydrogens (primary N) is 1. The van der Waals surface area contributed by atoms with Gasteiger partial charge in [0, 0.05) is 30.1 Å². The summed E-state index contributed by atoms with van der Waals surface area (Å²) < 4.78 is 27.0. The normalized spacial score (nSPS) is 12.4. The lowest BCUT2D eigenvalue weighted by Gasteiger charge is -2.02. The molecule has 0 saturated carbocycles. The van der Waals surface area contributed by atoms with Crippen molar-refractivity contribution < 1.29 is 8.78 Å². The van der Waals surface area contributed by atoms with Crippen LogP contribution in [0, 0.1) is 22.5 Å². The maximum Gasteiger partial charge on any atom is 0.159 e. The van der Waals surface area contributed by atoms with E-state index in [1.807, 2.05) is 0 Å². The molecule has 0 amide bonds. The minimum absolute atomic E-state index is 0.0307. The Bertz CT molecular complexity index is 978. The average molecular weight is 421 g/mol. The number of aromatic nitrogens is 1. The van der Waals surface area contributed by atoms with Gasteiger partial charge < -0.3 is 16.5 Å². The summed E-state index contributed by atoms with van der Waals surface area (Å²) in [7, 11) is 1.77. The van der Waals surface area contributed by atoms with Crippen LogP contribution in [0.2, 0.25) is 0 Å². The lowest BCUT2D eigenvalue weighted by molar-refractivity contribution is 0.509. The van der Waals surface area contributed by atoms with Crippen molar-refractivity contribution in [3.05, 3.63) is 56.7 Å². The molecule has 0 unspecified atom stereocenters. The van der Waals surface area contributed by atoms with Crippen LogP contribution in [0.15, 0.2) is 40.2 Å². The number of nitrogens with one attached hydrogen (secondary N) is 3. The standard InChI is InChI=1S/C18H18F2N6S2/c1-10(22)12(8-27-6-5-24-2)18-26-15(16(28-18)17(23)25-9-21)11-3-4-13(19)14(20)7-11/h3-9,22,24H,1-2H3,(H3,21,23,25)/b6-5-,12-8-,22-10?. The quantitative estimate of drug-likeness (QED) is 0.379. The first kappa shape index (κ1) is 21.5. The number of benzene rings is 1. The molecule has 0 fully saturated rings. The number of allylic oxidation sites excluding steroid dienone is 1. The van der Waals surface area contributed by atoms with E-state index in [2.05, 4.69) is 15.3 Å². The maximum atomic E-state index is 13.7. The zero-order chi connectivity index (χ0) is 20.7. The van der Waals surface area contributed by atoms with Crippen molar-refractivity contribution in [2.75, 3.05) is 7.05 Å². The highest BCUT2D eigenvalue weighted by Gasteiger charge is 2.20. The van der Waals surface area contributed by atoms with E-state index >= 15 is 0 Å². The Morgan fingerprint density at radius 2 is 2.11 bits per heavy atom. The van der Waals surface area contributed by atoms with E-state index in [-0.39, 0.29) is 11.5 Å². The Morgan fingerprint density at radius 1 is 1.36 bits per heavy atom. The van der Waals surface area contributed by atoms with Gasteiger partial charge in [0.05, 0.1) is 10.6 Å². The van der Waals surface area contributed by atoms with Crippen LogP contribution >= 0.6 is 23.1 Å². The maximum absolute atomic E-state index is 13.7. The van der Waals surface area contributed by atoms with Gasteiger partial charge in [-0.05, 0) is 35.9 Å².